The summed E-state index contributed by atoms with van der Waals surface area (Å²) >= 11 is 1.16. The Morgan fingerprint density at radius 3 is 2.75 bits per heavy atom. The van der Waals surface area contributed by atoms with E-state index < -0.39 is 9.84 Å². The number of aromatic nitrogens is 2. The molecule has 0 aliphatic carbocycles. The zero-order chi connectivity index (χ0) is 20.1. The lowest BCUT2D eigenvalue weighted by Gasteiger charge is -2.24. The molecule has 1 aromatic carbocycles. The molecule has 8 nitrogen and oxygen atoms in total. The van der Waals surface area contributed by atoms with Crippen molar-refractivity contribution >= 4 is 32.8 Å². The minimum atomic E-state index is -3.01. The van der Waals surface area contributed by atoms with E-state index in [2.05, 4.69) is 21.4 Å². The van der Waals surface area contributed by atoms with Gasteiger partial charge in [0.15, 0.2) is 9.84 Å². The number of benzene rings is 1. The SMILES string of the molecule is C#CCN(Cc1nnc(C(=O)Nc2ccc(OC)cc2)s1)C1CCS(=O)(=O)C1. The van der Waals surface area contributed by atoms with E-state index in [0.717, 1.165) is 11.3 Å². The number of nitrogens with one attached hydrogen (secondary N) is 1. The maximum Gasteiger partial charge on any atom is 0.286 e. The fourth-order valence-electron chi connectivity index (χ4n) is 2.94. The first-order chi connectivity index (χ1) is 13.4. The highest BCUT2D eigenvalue weighted by Crippen LogP contribution is 2.22. The second-order valence-electron chi connectivity index (χ2n) is 6.35. The van der Waals surface area contributed by atoms with Gasteiger partial charge in [0.2, 0.25) is 5.01 Å². The number of sulfone groups is 1. The van der Waals surface area contributed by atoms with E-state index in [1.807, 2.05) is 4.90 Å². The molecule has 28 heavy (non-hydrogen) atoms. The first-order valence-corrected chi connectivity index (χ1v) is 11.2. The molecule has 0 bridgehead atoms. The molecule has 1 unspecified atom stereocenters. The molecule has 0 saturated carbocycles. The molecule has 2 heterocycles. The number of rotatable bonds is 7. The van der Waals surface area contributed by atoms with Crippen molar-refractivity contribution in [2.24, 2.45) is 0 Å². The smallest absolute Gasteiger partial charge is 0.286 e. The van der Waals surface area contributed by atoms with Crippen molar-refractivity contribution in [2.75, 3.05) is 30.5 Å². The third kappa shape index (κ3) is 5.07. The number of amides is 1. The topological polar surface area (TPSA) is 101 Å². The minimum Gasteiger partial charge on any atom is -0.497 e. The van der Waals surface area contributed by atoms with Crippen molar-refractivity contribution in [3.63, 3.8) is 0 Å². The number of anilines is 1. The van der Waals surface area contributed by atoms with Crippen molar-refractivity contribution in [3.05, 3.63) is 34.3 Å². The Labute approximate surface area is 167 Å². The van der Waals surface area contributed by atoms with Gasteiger partial charge < -0.3 is 10.1 Å². The Balaban J connectivity index is 1.64. The number of methoxy groups -OCH3 is 1. The van der Waals surface area contributed by atoms with Crippen LogP contribution in [0.5, 0.6) is 5.75 Å². The fraction of sp³-hybridized carbons (Fsp3) is 0.389. The Morgan fingerprint density at radius 2 is 2.14 bits per heavy atom. The van der Waals surface area contributed by atoms with Gasteiger partial charge >= 0.3 is 0 Å². The number of ether oxygens (including phenoxy) is 1. The summed E-state index contributed by atoms with van der Waals surface area (Å²) in [6, 6.07) is 6.81. The summed E-state index contributed by atoms with van der Waals surface area (Å²) in [7, 11) is -1.44. The van der Waals surface area contributed by atoms with Gasteiger partial charge in [-0.2, -0.15) is 0 Å². The van der Waals surface area contributed by atoms with Crippen LogP contribution in [-0.2, 0) is 16.4 Å². The lowest BCUT2D eigenvalue weighted by molar-refractivity contribution is 0.102. The molecule has 2 aromatic rings. The number of hydrogen-bond donors (Lipinski definition) is 1. The maximum atomic E-state index is 12.4. The fourth-order valence-corrected chi connectivity index (χ4v) is 5.46. The Hall–Kier alpha value is -2.48. The largest absolute Gasteiger partial charge is 0.497 e. The first kappa shape index (κ1) is 20.3. The average molecular weight is 421 g/mol. The van der Waals surface area contributed by atoms with E-state index in [9.17, 15) is 13.2 Å². The third-order valence-electron chi connectivity index (χ3n) is 4.37. The molecule has 1 aliphatic rings. The zero-order valence-corrected chi connectivity index (χ0v) is 16.9. The highest BCUT2D eigenvalue weighted by atomic mass is 32.2. The third-order valence-corrected chi connectivity index (χ3v) is 7.02. The summed E-state index contributed by atoms with van der Waals surface area (Å²) in [6.07, 6.45) is 5.98. The van der Waals surface area contributed by atoms with Crippen molar-refractivity contribution in [3.8, 4) is 18.1 Å². The summed E-state index contributed by atoms with van der Waals surface area (Å²) in [5.74, 6) is 3.16. The average Bonchev–Trinajstić information content (AvgIpc) is 3.28. The maximum absolute atomic E-state index is 12.4. The van der Waals surface area contributed by atoms with Crippen LogP contribution in [0.15, 0.2) is 24.3 Å². The highest BCUT2D eigenvalue weighted by molar-refractivity contribution is 7.91. The minimum absolute atomic E-state index is 0.0955. The van der Waals surface area contributed by atoms with Gasteiger partial charge in [-0.05, 0) is 30.7 Å². The van der Waals surface area contributed by atoms with E-state index in [0.29, 0.717) is 36.0 Å². The molecular formula is C18H20N4O4S2. The van der Waals surface area contributed by atoms with Crippen LogP contribution in [0.2, 0.25) is 0 Å². The van der Waals surface area contributed by atoms with Crippen molar-refractivity contribution in [2.45, 2.75) is 19.0 Å². The van der Waals surface area contributed by atoms with Gasteiger partial charge in [-0.25, -0.2) is 8.42 Å². The van der Waals surface area contributed by atoms with Crippen LogP contribution >= 0.6 is 11.3 Å². The lowest BCUT2D eigenvalue weighted by atomic mass is 10.2. The summed E-state index contributed by atoms with van der Waals surface area (Å²) < 4.78 is 28.6. The molecule has 1 saturated heterocycles. The van der Waals surface area contributed by atoms with Crippen LogP contribution in [0, 0.1) is 12.3 Å². The number of terminal acetylenes is 1. The molecule has 0 radical (unpaired) electrons. The van der Waals surface area contributed by atoms with Gasteiger partial charge in [0, 0.05) is 11.7 Å². The molecule has 1 amide bonds. The molecule has 0 spiro atoms. The van der Waals surface area contributed by atoms with Gasteiger partial charge in [0.05, 0.1) is 31.7 Å². The van der Waals surface area contributed by atoms with Crippen molar-refractivity contribution in [1.29, 1.82) is 0 Å². The molecule has 10 heteroatoms. The lowest BCUT2D eigenvalue weighted by Crippen LogP contribution is -2.36. The number of hydrogen-bond acceptors (Lipinski definition) is 8. The second-order valence-corrected chi connectivity index (χ2v) is 9.64. The number of carbonyl (C=O) groups excluding carboxylic acids is 1. The van der Waals surface area contributed by atoms with Crippen LogP contribution in [0.4, 0.5) is 5.69 Å². The molecule has 1 fully saturated rings. The number of nitrogens with zero attached hydrogens (tertiary/aromatic N) is 3. The van der Waals surface area contributed by atoms with E-state index in [1.54, 1.807) is 31.4 Å². The molecule has 1 aromatic heterocycles. The summed E-state index contributed by atoms with van der Waals surface area (Å²) in [4.78, 5) is 14.3. The van der Waals surface area contributed by atoms with E-state index in [4.69, 9.17) is 11.2 Å². The van der Waals surface area contributed by atoms with Crippen LogP contribution in [0.3, 0.4) is 0 Å². The Morgan fingerprint density at radius 1 is 1.39 bits per heavy atom. The summed E-state index contributed by atoms with van der Waals surface area (Å²) in [6.45, 7) is 0.672. The molecular weight excluding hydrogens is 400 g/mol. The van der Waals surface area contributed by atoms with E-state index >= 15 is 0 Å². The van der Waals surface area contributed by atoms with Gasteiger partial charge in [-0.1, -0.05) is 17.3 Å². The van der Waals surface area contributed by atoms with E-state index in [-0.39, 0.29) is 28.5 Å². The zero-order valence-electron chi connectivity index (χ0n) is 15.3. The monoisotopic (exact) mass is 420 g/mol. The molecule has 1 aliphatic heterocycles. The second kappa shape index (κ2) is 8.68. The summed E-state index contributed by atoms with van der Waals surface area (Å²) in [5.41, 5.74) is 0.618. The van der Waals surface area contributed by atoms with Gasteiger partial charge in [-0.3, -0.25) is 9.69 Å². The molecule has 1 N–H and O–H groups in total. The Kier molecular flexibility index (Phi) is 6.28. The molecule has 3 rings (SSSR count). The summed E-state index contributed by atoms with van der Waals surface area (Å²) in [5, 5.41) is 11.6. The van der Waals surface area contributed by atoms with Gasteiger partial charge in [-0.15, -0.1) is 16.6 Å². The normalized spacial score (nSPS) is 18.0. The highest BCUT2D eigenvalue weighted by Gasteiger charge is 2.32. The van der Waals surface area contributed by atoms with Crippen molar-refractivity contribution < 1.29 is 17.9 Å². The van der Waals surface area contributed by atoms with Crippen LogP contribution < -0.4 is 10.1 Å². The number of carbonyl (C=O) groups is 1. The predicted molar refractivity (Wildman–Crippen MR) is 107 cm³/mol. The molecule has 1 atom stereocenters. The quantitative estimate of drug-likeness (QED) is 0.676. The van der Waals surface area contributed by atoms with E-state index in [1.165, 1.54) is 0 Å². The van der Waals surface area contributed by atoms with Crippen LogP contribution in [-0.4, -0.2) is 60.6 Å². The van der Waals surface area contributed by atoms with Crippen LogP contribution in [0.1, 0.15) is 21.2 Å². The predicted octanol–water partition coefficient (Wildman–Crippen LogP) is 1.42. The van der Waals surface area contributed by atoms with Gasteiger partial charge in [0.1, 0.15) is 10.8 Å². The van der Waals surface area contributed by atoms with Crippen LogP contribution in [0.25, 0.3) is 0 Å². The van der Waals surface area contributed by atoms with Crippen molar-refractivity contribution in [1.82, 2.24) is 15.1 Å². The Bertz CT molecular complexity index is 980. The first-order valence-electron chi connectivity index (χ1n) is 8.56. The van der Waals surface area contributed by atoms with Gasteiger partial charge in [0.25, 0.3) is 5.91 Å². The molecule has 148 valence electrons. The standard InChI is InChI=1S/C18H20N4O4S2/c1-3-9-22(14-8-10-28(24,25)12-14)11-16-20-21-18(27-16)17(23)19-13-4-6-15(26-2)7-5-13/h1,4-7,14H,8-12H2,2H3,(H,19,23).